The largest absolute Gasteiger partial charge is 0.467 e. The van der Waals surface area contributed by atoms with Crippen LogP contribution in [0.1, 0.15) is 24.2 Å². The molecule has 2 heterocycles. The molecule has 0 unspecified atom stereocenters. The van der Waals surface area contributed by atoms with Gasteiger partial charge in [-0.3, -0.25) is 0 Å². The van der Waals surface area contributed by atoms with Gasteiger partial charge in [0.1, 0.15) is 11.6 Å². The molecule has 1 fully saturated rings. The highest BCUT2D eigenvalue weighted by Crippen LogP contribution is 2.32. The molecule has 18 heavy (non-hydrogen) atoms. The zero-order valence-corrected chi connectivity index (χ0v) is 10.5. The molecule has 0 spiro atoms. The van der Waals surface area contributed by atoms with Gasteiger partial charge in [0.2, 0.25) is 0 Å². The third kappa shape index (κ3) is 2.18. The molecule has 4 heteroatoms. The molecule has 1 aliphatic carbocycles. The first kappa shape index (κ1) is 11.1. The fourth-order valence-electron chi connectivity index (χ4n) is 2.06. The van der Waals surface area contributed by atoms with Crippen molar-refractivity contribution in [2.45, 2.75) is 32.4 Å². The molecule has 1 saturated carbocycles. The Hall–Kier alpha value is -1.97. The summed E-state index contributed by atoms with van der Waals surface area (Å²) in [6.07, 6.45) is 5.90. The summed E-state index contributed by atoms with van der Waals surface area (Å²) in [5.41, 5.74) is 7.63. The lowest BCUT2D eigenvalue weighted by molar-refractivity contribution is 0.500. The van der Waals surface area contributed by atoms with Gasteiger partial charge in [0.15, 0.2) is 0 Å². The maximum Gasteiger partial charge on any atom is 0.129 e. The Labute approximate surface area is 106 Å². The average molecular weight is 243 g/mol. The number of furan rings is 1. The molecule has 0 atom stereocenters. The first-order valence-electron chi connectivity index (χ1n) is 6.25. The van der Waals surface area contributed by atoms with Gasteiger partial charge in [-0.1, -0.05) is 0 Å². The third-order valence-corrected chi connectivity index (χ3v) is 3.33. The van der Waals surface area contributed by atoms with E-state index in [-0.39, 0.29) is 0 Å². The van der Waals surface area contributed by atoms with E-state index in [2.05, 4.69) is 16.0 Å². The predicted molar refractivity (Wildman–Crippen MR) is 71.3 cm³/mol. The molecule has 1 aliphatic rings. The Kier molecular flexibility index (Phi) is 2.70. The number of aromatic nitrogens is 1. The van der Waals surface area contributed by atoms with Crippen LogP contribution in [0.4, 0.5) is 11.5 Å². The van der Waals surface area contributed by atoms with Crippen molar-refractivity contribution in [2.75, 3.05) is 10.6 Å². The minimum atomic E-state index is 0.589. The minimum Gasteiger partial charge on any atom is -0.467 e. The number of anilines is 2. The standard InChI is InChI=1S/C14H17N3O/c1-10-7-14(16-8-13(10)15)17(11-4-5-11)9-12-3-2-6-18-12/h2-3,6-8,11H,4-5,9,15H2,1H3. The summed E-state index contributed by atoms with van der Waals surface area (Å²) in [5, 5.41) is 0. The summed E-state index contributed by atoms with van der Waals surface area (Å²) in [7, 11) is 0. The van der Waals surface area contributed by atoms with E-state index in [4.69, 9.17) is 10.2 Å². The molecule has 2 N–H and O–H groups in total. The molecule has 2 aromatic rings. The van der Waals surface area contributed by atoms with Crippen LogP contribution in [0.2, 0.25) is 0 Å². The summed E-state index contributed by atoms with van der Waals surface area (Å²) in [5.74, 6) is 1.96. The fourth-order valence-corrected chi connectivity index (χ4v) is 2.06. The maximum absolute atomic E-state index is 5.82. The molecule has 0 aromatic carbocycles. The van der Waals surface area contributed by atoms with E-state index in [9.17, 15) is 0 Å². The van der Waals surface area contributed by atoms with Crippen LogP contribution in [0.5, 0.6) is 0 Å². The number of nitrogen functional groups attached to an aromatic ring is 1. The van der Waals surface area contributed by atoms with Crippen molar-refractivity contribution in [3.05, 3.63) is 42.0 Å². The second-order valence-corrected chi connectivity index (χ2v) is 4.84. The van der Waals surface area contributed by atoms with Gasteiger partial charge in [-0.2, -0.15) is 0 Å². The zero-order chi connectivity index (χ0) is 12.5. The predicted octanol–water partition coefficient (Wildman–Crippen LogP) is 2.73. The van der Waals surface area contributed by atoms with E-state index >= 15 is 0 Å². The first-order chi connectivity index (χ1) is 8.74. The van der Waals surface area contributed by atoms with Gasteiger partial charge in [0, 0.05) is 6.04 Å². The summed E-state index contributed by atoms with van der Waals surface area (Å²) in [6.45, 7) is 2.78. The van der Waals surface area contributed by atoms with Crippen molar-refractivity contribution in [3.63, 3.8) is 0 Å². The summed E-state index contributed by atoms with van der Waals surface area (Å²) >= 11 is 0. The Morgan fingerprint density at radius 2 is 2.33 bits per heavy atom. The molecule has 4 nitrogen and oxygen atoms in total. The van der Waals surface area contributed by atoms with Gasteiger partial charge in [0.25, 0.3) is 0 Å². The van der Waals surface area contributed by atoms with Gasteiger partial charge in [-0.25, -0.2) is 4.98 Å². The number of pyridine rings is 1. The molecule has 0 radical (unpaired) electrons. The average Bonchev–Trinajstić information content (AvgIpc) is 3.07. The van der Waals surface area contributed by atoms with Gasteiger partial charge in [-0.15, -0.1) is 0 Å². The Morgan fingerprint density at radius 3 is 2.94 bits per heavy atom. The molecule has 0 saturated heterocycles. The minimum absolute atomic E-state index is 0.589. The molecule has 2 aromatic heterocycles. The fraction of sp³-hybridized carbons (Fsp3) is 0.357. The van der Waals surface area contributed by atoms with E-state index in [1.807, 2.05) is 19.1 Å². The van der Waals surface area contributed by atoms with Crippen LogP contribution in [0.25, 0.3) is 0 Å². The van der Waals surface area contributed by atoms with Crippen molar-refractivity contribution in [1.82, 2.24) is 4.98 Å². The molecular formula is C14H17N3O. The lowest BCUT2D eigenvalue weighted by atomic mass is 10.2. The molecule has 0 aliphatic heterocycles. The quantitative estimate of drug-likeness (QED) is 0.897. The molecule has 94 valence electrons. The zero-order valence-electron chi connectivity index (χ0n) is 10.5. The Balaban J connectivity index is 1.86. The molecule has 3 rings (SSSR count). The number of hydrogen-bond donors (Lipinski definition) is 1. The van der Waals surface area contributed by atoms with E-state index < -0.39 is 0 Å². The lowest BCUT2D eigenvalue weighted by Gasteiger charge is -2.23. The molecule has 0 bridgehead atoms. The highest BCUT2D eigenvalue weighted by Gasteiger charge is 2.30. The normalized spacial score (nSPS) is 14.7. The first-order valence-corrected chi connectivity index (χ1v) is 6.25. The highest BCUT2D eigenvalue weighted by atomic mass is 16.3. The second-order valence-electron chi connectivity index (χ2n) is 4.84. The third-order valence-electron chi connectivity index (χ3n) is 3.33. The summed E-state index contributed by atoms with van der Waals surface area (Å²) < 4.78 is 5.42. The van der Waals surface area contributed by atoms with E-state index in [1.54, 1.807) is 12.5 Å². The number of aryl methyl sites for hydroxylation is 1. The van der Waals surface area contributed by atoms with Crippen molar-refractivity contribution >= 4 is 11.5 Å². The number of rotatable bonds is 4. The van der Waals surface area contributed by atoms with E-state index in [0.717, 1.165) is 29.4 Å². The van der Waals surface area contributed by atoms with Crippen LogP contribution in [0.15, 0.2) is 35.1 Å². The van der Waals surface area contributed by atoms with Crippen LogP contribution in [-0.4, -0.2) is 11.0 Å². The highest BCUT2D eigenvalue weighted by molar-refractivity contribution is 5.53. The van der Waals surface area contributed by atoms with Gasteiger partial charge >= 0.3 is 0 Å². The van der Waals surface area contributed by atoms with Crippen molar-refractivity contribution in [3.8, 4) is 0 Å². The van der Waals surface area contributed by atoms with Gasteiger partial charge < -0.3 is 15.1 Å². The monoisotopic (exact) mass is 243 g/mol. The number of nitrogens with zero attached hydrogens (tertiary/aromatic N) is 2. The van der Waals surface area contributed by atoms with Crippen LogP contribution >= 0.6 is 0 Å². The Bertz CT molecular complexity index is 532. The maximum atomic E-state index is 5.82. The molecule has 0 amide bonds. The smallest absolute Gasteiger partial charge is 0.129 e. The Morgan fingerprint density at radius 1 is 1.50 bits per heavy atom. The van der Waals surface area contributed by atoms with Crippen LogP contribution < -0.4 is 10.6 Å². The number of nitrogens with two attached hydrogens (primary N) is 1. The van der Waals surface area contributed by atoms with Crippen LogP contribution in [0, 0.1) is 6.92 Å². The number of hydrogen-bond acceptors (Lipinski definition) is 4. The van der Waals surface area contributed by atoms with Gasteiger partial charge in [-0.05, 0) is 43.5 Å². The molecular weight excluding hydrogens is 226 g/mol. The van der Waals surface area contributed by atoms with E-state index in [0.29, 0.717) is 6.04 Å². The van der Waals surface area contributed by atoms with Crippen LogP contribution in [0.3, 0.4) is 0 Å². The van der Waals surface area contributed by atoms with Crippen molar-refractivity contribution in [2.24, 2.45) is 0 Å². The topological polar surface area (TPSA) is 55.3 Å². The van der Waals surface area contributed by atoms with Crippen molar-refractivity contribution in [1.29, 1.82) is 0 Å². The van der Waals surface area contributed by atoms with Crippen molar-refractivity contribution < 1.29 is 4.42 Å². The van der Waals surface area contributed by atoms with E-state index in [1.165, 1.54) is 12.8 Å². The van der Waals surface area contributed by atoms with Gasteiger partial charge in [0.05, 0.1) is 24.7 Å². The summed E-state index contributed by atoms with van der Waals surface area (Å²) in [6, 6.07) is 6.56. The SMILES string of the molecule is Cc1cc(N(Cc2ccco2)C2CC2)ncc1N. The summed E-state index contributed by atoms with van der Waals surface area (Å²) in [4.78, 5) is 6.74. The lowest BCUT2D eigenvalue weighted by Crippen LogP contribution is -2.25. The van der Waals surface area contributed by atoms with Crippen LogP contribution in [-0.2, 0) is 6.54 Å². The second kappa shape index (κ2) is 4.37.